The largest absolute Gasteiger partial charge is 0.373 e. The third-order valence-corrected chi connectivity index (χ3v) is 5.58. The number of aryl methyl sites for hydroxylation is 2. The van der Waals surface area contributed by atoms with E-state index in [-0.39, 0.29) is 18.2 Å². The molecule has 2 N–H and O–H groups in total. The second-order valence-corrected chi connectivity index (χ2v) is 7.27. The lowest BCUT2D eigenvalue weighted by molar-refractivity contribution is -0.0458. The molecule has 0 aromatic carbocycles. The molecule has 1 aromatic rings. The number of amides is 2. The first kappa shape index (κ1) is 18.2. The van der Waals surface area contributed by atoms with Crippen LogP contribution >= 0.6 is 0 Å². The molecule has 3 atom stereocenters. The first-order valence-corrected chi connectivity index (χ1v) is 9.39. The molecule has 7 heteroatoms. The summed E-state index contributed by atoms with van der Waals surface area (Å²) in [6.45, 7) is 9.54. The molecular formula is C18H31N5O2. The van der Waals surface area contributed by atoms with Crippen LogP contribution in [0.2, 0.25) is 0 Å². The first-order chi connectivity index (χ1) is 12.0. The van der Waals surface area contributed by atoms with Crippen LogP contribution in [-0.4, -0.2) is 59.1 Å². The van der Waals surface area contributed by atoms with Gasteiger partial charge in [0.1, 0.15) is 0 Å². The van der Waals surface area contributed by atoms with E-state index >= 15 is 0 Å². The summed E-state index contributed by atoms with van der Waals surface area (Å²) in [4.78, 5) is 14.9. The topological polar surface area (TPSA) is 71.4 Å². The maximum Gasteiger partial charge on any atom is 0.315 e. The number of carbonyl (C=O) groups excluding carboxylic acids is 1. The monoisotopic (exact) mass is 349 g/mol. The van der Waals surface area contributed by atoms with E-state index in [1.165, 1.54) is 12.8 Å². The van der Waals surface area contributed by atoms with Crippen LogP contribution < -0.4 is 10.6 Å². The summed E-state index contributed by atoms with van der Waals surface area (Å²) in [7, 11) is 1.94. The molecule has 0 radical (unpaired) electrons. The summed E-state index contributed by atoms with van der Waals surface area (Å²) in [6.07, 6.45) is 3.41. The Kier molecular flexibility index (Phi) is 5.64. The summed E-state index contributed by atoms with van der Waals surface area (Å²) in [5.74, 6) is 0. The third kappa shape index (κ3) is 3.98. The fourth-order valence-corrected chi connectivity index (χ4v) is 4.10. The Labute approximate surface area is 150 Å². The number of morpholine rings is 1. The van der Waals surface area contributed by atoms with Crippen molar-refractivity contribution in [1.29, 1.82) is 0 Å². The van der Waals surface area contributed by atoms with Gasteiger partial charge >= 0.3 is 6.03 Å². The molecule has 3 rings (SSSR count). The lowest BCUT2D eigenvalue weighted by Crippen LogP contribution is -2.51. The smallest absolute Gasteiger partial charge is 0.315 e. The normalized spacial score (nSPS) is 24.8. The van der Waals surface area contributed by atoms with Crippen molar-refractivity contribution in [3.8, 4) is 0 Å². The highest BCUT2D eigenvalue weighted by Crippen LogP contribution is 2.24. The Morgan fingerprint density at radius 3 is 2.92 bits per heavy atom. The van der Waals surface area contributed by atoms with Gasteiger partial charge in [0.2, 0.25) is 0 Å². The number of fused-ring (bicyclic) bond motifs is 1. The quantitative estimate of drug-likeness (QED) is 0.848. The van der Waals surface area contributed by atoms with Gasteiger partial charge in [-0.05, 0) is 39.7 Å². The highest BCUT2D eigenvalue weighted by atomic mass is 16.5. The van der Waals surface area contributed by atoms with Gasteiger partial charge in [0, 0.05) is 37.4 Å². The predicted octanol–water partition coefficient (Wildman–Crippen LogP) is 1.65. The maximum atomic E-state index is 12.4. The van der Waals surface area contributed by atoms with E-state index in [9.17, 15) is 4.79 Å². The molecule has 2 aliphatic rings. The van der Waals surface area contributed by atoms with E-state index in [4.69, 9.17) is 4.74 Å². The number of rotatable bonds is 5. The number of urea groups is 1. The van der Waals surface area contributed by atoms with Crippen molar-refractivity contribution < 1.29 is 9.53 Å². The van der Waals surface area contributed by atoms with E-state index in [1.54, 1.807) is 0 Å². The molecule has 0 aliphatic carbocycles. The molecule has 3 heterocycles. The highest BCUT2D eigenvalue weighted by Gasteiger charge is 2.32. The molecule has 0 saturated carbocycles. The van der Waals surface area contributed by atoms with Gasteiger partial charge < -0.3 is 15.4 Å². The number of aromatic nitrogens is 2. The SMILES string of the molecule is CC[C@H](NC(=O)NC[C@H]1CN2CCC[C@@H]2CO1)c1c(C)nn(C)c1C. The average Bonchev–Trinajstić information content (AvgIpc) is 3.15. The minimum absolute atomic E-state index is 0.0241. The molecule has 0 spiro atoms. The molecule has 2 amide bonds. The van der Waals surface area contributed by atoms with Crippen LogP contribution in [-0.2, 0) is 11.8 Å². The summed E-state index contributed by atoms with van der Waals surface area (Å²) in [5, 5.41) is 10.5. The zero-order valence-electron chi connectivity index (χ0n) is 15.8. The van der Waals surface area contributed by atoms with E-state index in [2.05, 4.69) is 27.6 Å². The average molecular weight is 349 g/mol. The minimum Gasteiger partial charge on any atom is -0.373 e. The van der Waals surface area contributed by atoms with Crippen LogP contribution in [0.5, 0.6) is 0 Å². The van der Waals surface area contributed by atoms with Gasteiger partial charge in [0.05, 0.1) is 24.4 Å². The molecular weight excluding hydrogens is 318 g/mol. The van der Waals surface area contributed by atoms with E-state index in [1.807, 2.05) is 25.6 Å². The van der Waals surface area contributed by atoms with Crippen molar-refractivity contribution in [2.45, 2.75) is 58.2 Å². The van der Waals surface area contributed by atoms with Crippen LogP contribution in [0.3, 0.4) is 0 Å². The van der Waals surface area contributed by atoms with Crippen molar-refractivity contribution >= 4 is 6.03 Å². The Hall–Kier alpha value is -1.60. The van der Waals surface area contributed by atoms with Gasteiger partial charge in [-0.2, -0.15) is 5.10 Å². The second-order valence-electron chi connectivity index (χ2n) is 7.27. The Balaban J connectivity index is 1.51. The molecule has 25 heavy (non-hydrogen) atoms. The predicted molar refractivity (Wildman–Crippen MR) is 96.6 cm³/mol. The number of hydrogen-bond acceptors (Lipinski definition) is 4. The molecule has 1 aromatic heterocycles. The Bertz CT molecular complexity index is 615. The van der Waals surface area contributed by atoms with Gasteiger partial charge in [-0.1, -0.05) is 6.92 Å². The highest BCUT2D eigenvalue weighted by molar-refractivity contribution is 5.74. The van der Waals surface area contributed by atoms with Crippen LogP contribution in [0.15, 0.2) is 0 Å². The van der Waals surface area contributed by atoms with Gasteiger partial charge in [0.15, 0.2) is 0 Å². The van der Waals surface area contributed by atoms with Crippen molar-refractivity contribution in [3.05, 3.63) is 17.0 Å². The summed E-state index contributed by atoms with van der Waals surface area (Å²) in [5.41, 5.74) is 3.19. The molecule has 0 bridgehead atoms. The zero-order valence-corrected chi connectivity index (χ0v) is 15.8. The van der Waals surface area contributed by atoms with Crippen LogP contribution in [0, 0.1) is 13.8 Å². The fourth-order valence-electron chi connectivity index (χ4n) is 4.10. The lowest BCUT2D eigenvalue weighted by atomic mass is 10.0. The van der Waals surface area contributed by atoms with Gasteiger partial charge in [-0.3, -0.25) is 9.58 Å². The number of carbonyl (C=O) groups is 1. The lowest BCUT2D eigenvalue weighted by Gasteiger charge is -2.35. The van der Waals surface area contributed by atoms with Crippen molar-refractivity contribution in [1.82, 2.24) is 25.3 Å². The standard InChI is InChI=1S/C18H31N5O2/c1-5-16(17-12(2)21-22(4)13(17)3)20-18(24)19-9-15-10-23-8-6-7-14(23)11-25-15/h14-16H,5-11H2,1-4H3,(H2,19,20,24)/t14-,15+,16+/m1/s1. The molecule has 140 valence electrons. The van der Waals surface area contributed by atoms with Crippen LogP contribution in [0.4, 0.5) is 4.79 Å². The Morgan fingerprint density at radius 2 is 2.24 bits per heavy atom. The molecule has 2 fully saturated rings. The number of nitrogens with one attached hydrogen (secondary N) is 2. The van der Waals surface area contributed by atoms with E-state index in [0.717, 1.165) is 43.1 Å². The van der Waals surface area contributed by atoms with Crippen LogP contribution in [0.25, 0.3) is 0 Å². The van der Waals surface area contributed by atoms with Crippen molar-refractivity contribution in [3.63, 3.8) is 0 Å². The van der Waals surface area contributed by atoms with Crippen molar-refractivity contribution in [2.75, 3.05) is 26.2 Å². The first-order valence-electron chi connectivity index (χ1n) is 9.39. The van der Waals surface area contributed by atoms with E-state index in [0.29, 0.717) is 12.6 Å². The van der Waals surface area contributed by atoms with Gasteiger partial charge in [0.25, 0.3) is 0 Å². The Morgan fingerprint density at radius 1 is 1.44 bits per heavy atom. The van der Waals surface area contributed by atoms with Gasteiger partial charge in [-0.15, -0.1) is 0 Å². The van der Waals surface area contributed by atoms with Gasteiger partial charge in [-0.25, -0.2) is 4.79 Å². The molecule has 7 nitrogen and oxygen atoms in total. The second kappa shape index (κ2) is 7.74. The van der Waals surface area contributed by atoms with Crippen molar-refractivity contribution in [2.24, 2.45) is 7.05 Å². The van der Waals surface area contributed by atoms with E-state index < -0.39 is 0 Å². The van der Waals surface area contributed by atoms with Crippen LogP contribution in [0.1, 0.15) is 49.2 Å². The molecule has 2 aliphatic heterocycles. The zero-order chi connectivity index (χ0) is 18.0. The third-order valence-electron chi connectivity index (χ3n) is 5.58. The summed E-state index contributed by atoms with van der Waals surface area (Å²) in [6, 6.07) is 0.427. The molecule has 2 saturated heterocycles. The minimum atomic E-state index is -0.137. The number of hydrogen-bond donors (Lipinski definition) is 2. The maximum absolute atomic E-state index is 12.4. The number of ether oxygens (including phenoxy) is 1. The summed E-state index contributed by atoms with van der Waals surface area (Å²) >= 11 is 0. The fraction of sp³-hybridized carbons (Fsp3) is 0.778. The number of nitrogens with zero attached hydrogens (tertiary/aromatic N) is 3. The molecule has 0 unspecified atom stereocenters. The summed E-state index contributed by atoms with van der Waals surface area (Å²) < 4.78 is 7.77.